The molecule has 2 heterocycles. The molecule has 40 heavy (non-hydrogen) atoms. The van der Waals surface area contributed by atoms with Crippen molar-refractivity contribution in [3.63, 3.8) is 0 Å². The van der Waals surface area contributed by atoms with Crippen LogP contribution in [0.3, 0.4) is 0 Å². The molecule has 4 heteroatoms. The van der Waals surface area contributed by atoms with E-state index in [9.17, 15) is 0 Å². The molecule has 1 saturated heterocycles. The van der Waals surface area contributed by atoms with E-state index in [4.69, 9.17) is 18.9 Å². The maximum absolute atomic E-state index is 6.83. The van der Waals surface area contributed by atoms with Crippen LogP contribution in [0.1, 0.15) is 140 Å². The van der Waals surface area contributed by atoms with Gasteiger partial charge in [-0.25, -0.2) is 0 Å². The fourth-order valence-corrected chi connectivity index (χ4v) is 6.64. The third kappa shape index (κ3) is 10.2. The van der Waals surface area contributed by atoms with Gasteiger partial charge in [0.15, 0.2) is 6.29 Å². The number of rotatable bonds is 18. The second-order valence-electron chi connectivity index (χ2n) is 13.9. The molecule has 1 aromatic carbocycles. The molecule has 2 aliphatic heterocycles. The number of benzene rings is 1. The predicted molar refractivity (Wildman–Crippen MR) is 168 cm³/mol. The molecule has 0 spiro atoms. The Morgan fingerprint density at radius 2 is 1.40 bits per heavy atom. The monoisotopic (exact) mass is 558 g/mol. The molecule has 0 amide bonds. The molecule has 0 saturated carbocycles. The van der Waals surface area contributed by atoms with Crippen molar-refractivity contribution in [2.75, 3.05) is 19.8 Å². The van der Waals surface area contributed by atoms with Gasteiger partial charge in [0.2, 0.25) is 0 Å². The van der Waals surface area contributed by atoms with E-state index in [1.165, 1.54) is 73.6 Å². The lowest BCUT2D eigenvalue weighted by molar-refractivity contribution is -0.0483. The number of hydrogen-bond acceptors (Lipinski definition) is 4. The number of unbranched alkanes of at least 4 members (excludes halogenated alkanes) is 1. The Kier molecular flexibility index (Phi) is 13.6. The summed E-state index contributed by atoms with van der Waals surface area (Å²) in [6.45, 7) is 20.8. The number of hydrogen-bond donors (Lipinski definition) is 0. The molecule has 0 bridgehead atoms. The van der Waals surface area contributed by atoms with Gasteiger partial charge >= 0.3 is 0 Å². The quantitative estimate of drug-likeness (QED) is 0.168. The van der Waals surface area contributed by atoms with Gasteiger partial charge in [-0.3, -0.25) is 0 Å². The third-order valence-electron chi connectivity index (χ3n) is 9.61. The molecule has 0 N–H and O–H groups in total. The minimum absolute atomic E-state index is 0.0118. The van der Waals surface area contributed by atoms with E-state index in [0.717, 1.165) is 87.6 Å². The van der Waals surface area contributed by atoms with Crippen LogP contribution in [0.25, 0.3) is 0 Å². The zero-order valence-corrected chi connectivity index (χ0v) is 27.5. The Balaban J connectivity index is 1.41. The van der Waals surface area contributed by atoms with Crippen molar-refractivity contribution in [3.8, 4) is 11.5 Å². The Hall–Kier alpha value is -1.26. The number of fused-ring (bicyclic) bond motifs is 1. The lowest BCUT2D eigenvalue weighted by atomic mass is 9.83. The van der Waals surface area contributed by atoms with Crippen molar-refractivity contribution in [2.24, 2.45) is 17.8 Å². The van der Waals surface area contributed by atoms with Crippen LogP contribution in [-0.2, 0) is 15.9 Å². The summed E-state index contributed by atoms with van der Waals surface area (Å²) in [6, 6.07) is 0. The van der Waals surface area contributed by atoms with Gasteiger partial charge in [-0.1, -0.05) is 72.6 Å². The van der Waals surface area contributed by atoms with E-state index in [1.807, 2.05) is 0 Å². The number of ether oxygens (including phenoxy) is 4. The summed E-state index contributed by atoms with van der Waals surface area (Å²) < 4.78 is 24.3. The average molecular weight is 559 g/mol. The van der Waals surface area contributed by atoms with Crippen molar-refractivity contribution in [1.29, 1.82) is 0 Å². The first-order valence-electron chi connectivity index (χ1n) is 16.8. The van der Waals surface area contributed by atoms with Gasteiger partial charge in [-0.05, 0) is 107 Å². The lowest BCUT2D eigenvalue weighted by Gasteiger charge is -2.38. The van der Waals surface area contributed by atoms with Crippen LogP contribution in [0, 0.1) is 38.5 Å². The molecule has 230 valence electrons. The van der Waals surface area contributed by atoms with Crippen LogP contribution in [0.5, 0.6) is 11.5 Å². The first-order valence-corrected chi connectivity index (χ1v) is 16.8. The van der Waals surface area contributed by atoms with Crippen LogP contribution in [-0.4, -0.2) is 31.7 Å². The van der Waals surface area contributed by atoms with Gasteiger partial charge in [-0.15, -0.1) is 0 Å². The maximum Gasteiger partial charge on any atom is 0.157 e. The Bertz CT molecular complexity index is 888. The molecule has 3 rings (SSSR count). The van der Waals surface area contributed by atoms with E-state index in [-0.39, 0.29) is 11.9 Å². The second-order valence-corrected chi connectivity index (χ2v) is 13.9. The standard InChI is InChI=1S/C36H62O4/c1-26(2)14-11-15-27(3)16-12-17-28(4)18-13-21-36(8)22-20-32-31(7)34(29(5)30(6)35(32)40-36)39-23-10-9-19-33-37-24-25-38-33/h26-28,33H,9-25H2,1-8H3/t27-,28-,36-/m1/s1. The highest BCUT2D eigenvalue weighted by molar-refractivity contribution is 5.59. The van der Waals surface area contributed by atoms with E-state index < -0.39 is 0 Å². The second kappa shape index (κ2) is 16.4. The fourth-order valence-electron chi connectivity index (χ4n) is 6.64. The minimum atomic E-state index is -0.0615. The highest BCUT2D eigenvalue weighted by Gasteiger charge is 2.34. The van der Waals surface area contributed by atoms with Crippen molar-refractivity contribution < 1.29 is 18.9 Å². The Morgan fingerprint density at radius 3 is 2.05 bits per heavy atom. The van der Waals surface area contributed by atoms with E-state index in [1.54, 1.807) is 0 Å². The van der Waals surface area contributed by atoms with Crippen LogP contribution >= 0.6 is 0 Å². The van der Waals surface area contributed by atoms with Crippen LogP contribution in [0.2, 0.25) is 0 Å². The third-order valence-corrected chi connectivity index (χ3v) is 9.61. The molecule has 2 aliphatic rings. The molecule has 0 radical (unpaired) electrons. The summed E-state index contributed by atoms with van der Waals surface area (Å²) in [5, 5.41) is 0. The van der Waals surface area contributed by atoms with Gasteiger partial charge in [0, 0.05) is 5.56 Å². The van der Waals surface area contributed by atoms with Gasteiger partial charge in [-0.2, -0.15) is 0 Å². The van der Waals surface area contributed by atoms with Crippen molar-refractivity contribution in [3.05, 3.63) is 22.3 Å². The van der Waals surface area contributed by atoms with Crippen molar-refractivity contribution in [1.82, 2.24) is 0 Å². The Morgan fingerprint density at radius 1 is 0.775 bits per heavy atom. The van der Waals surface area contributed by atoms with Gasteiger partial charge in [0.25, 0.3) is 0 Å². The largest absolute Gasteiger partial charge is 0.493 e. The molecular formula is C36H62O4. The average Bonchev–Trinajstić information content (AvgIpc) is 3.42. The van der Waals surface area contributed by atoms with Gasteiger partial charge in [0.1, 0.15) is 17.1 Å². The van der Waals surface area contributed by atoms with Crippen molar-refractivity contribution >= 4 is 0 Å². The summed E-state index contributed by atoms with van der Waals surface area (Å²) >= 11 is 0. The fraction of sp³-hybridized carbons (Fsp3) is 0.833. The SMILES string of the molecule is Cc1c(C)c2c(c(C)c1OCCCCC1OCCO1)CC[C@@](C)(CCC[C@H](C)CCC[C@H](C)CCCC(C)C)O2. The van der Waals surface area contributed by atoms with Crippen LogP contribution < -0.4 is 9.47 Å². The minimum Gasteiger partial charge on any atom is -0.493 e. The van der Waals surface area contributed by atoms with E-state index in [2.05, 4.69) is 55.4 Å². The van der Waals surface area contributed by atoms with Gasteiger partial charge in [0.05, 0.1) is 19.8 Å². The van der Waals surface area contributed by atoms with E-state index in [0.29, 0.717) is 0 Å². The predicted octanol–water partition coefficient (Wildman–Crippen LogP) is 10.1. The van der Waals surface area contributed by atoms with Gasteiger partial charge < -0.3 is 18.9 Å². The molecule has 1 aromatic rings. The highest BCUT2D eigenvalue weighted by atomic mass is 16.7. The molecule has 3 atom stereocenters. The van der Waals surface area contributed by atoms with Crippen LogP contribution in [0.15, 0.2) is 0 Å². The summed E-state index contributed by atoms with van der Waals surface area (Å²) in [6.07, 6.45) is 17.2. The summed E-state index contributed by atoms with van der Waals surface area (Å²) in [7, 11) is 0. The molecule has 4 nitrogen and oxygen atoms in total. The lowest BCUT2D eigenvalue weighted by Crippen LogP contribution is -2.37. The molecule has 0 aromatic heterocycles. The highest BCUT2D eigenvalue weighted by Crippen LogP contribution is 2.45. The molecule has 0 unspecified atom stereocenters. The summed E-state index contributed by atoms with van der Waals surface area (Å²) in [5.74, 6) is 4.74. The Labute approximate surface area is 247 Å². The molecular weight excluding hydrogens is 496 g/mol. The maximum atomic E-state index is 6.83. The zero-order chi connectivity index (χ0) is 29.1. The molecule has 1 fully saturated rings. The van der Waals surface area contributed by atoms with E-state index >= 15 is 0 Å². The first kappa shape index (κ1) is 33.2. The summed E-state index contributed by atoms with van der Waals surface area (Å²) in [5.41, 5.74) is 5.06. The zero-order valence-electron chi connectivity index (χ0n) is 27.5. The topological polar surface area (TPSA) is 36.9 Å². The molecule has 0 aliphatic carbocycles. The normalized spacial score (nSPS) is 20.9. The summed E-state index contributed by atoms with van der Waals surface area (Å²) in [4.78, 5) is 0. The first-order chi connectivity index (χ1) is 19.1. The smallest absolute Gasteiger partial charge is 0.157 e. The van der Waals surface area contributed by atoms with Crippen molar-refractivity contribution in [2.45, 2.75) is 157 Å². The van der Waals surface area contributed by atoms with Crippen LogP contribution in [0.4, 0.5) is 0 Å².